The zero-order valence-corrected chi connectivity index (χ0v) is 24.6. The van der Waals surface area contributed by atoms with E-state index in [0.29, 0.717) is 0 Å². The van der Waals surface area contributed by atoms with Crippen LogP contribution >= 0.6 is 0 Å². The molecule has 0 saturated carbocycles. The molecule has 0 radical (unpaired) electrons. The van der Waals surface area contributed by atoms with Crippen molar-refractivity contribution < 1.29 is 0 Å². The number of hydrogen-bond donors (Lipinski definition) is 0. The Morgan fingerprint density at radius 3 is 1.29 bits per heavy atom. The molecule has 2 aliphatic rings. The minimum atomic E-state index is -0.356. The summed E-state index contributed by atoms with van der Waals surface area (Å²) in [6.07, 6.45) is 0. The van der Waals surface area contributed by atoms with Gasteiger partial charge in [0.25, 0.3) is 0 Å². The van der Waals surface area contributed by atoms with Gasteiger partial charge in [0, 0.05) is 17.1 Å². The molecule has 0 amide bonds. The summed E-state index contributed by atoms with van der Waals surface area (Å²) in [5.74, 6) is 0. The first kappa shape index (κ1) is 24.9. The van der Waals surface area contributed by atoms with Crippen molar-refractivity contribution in [2.24, 2.45) is 0 Å². The molecule has 6 aromatic carbocycles. The molecule has 0 unspecified atom stereocenters. The van der Waals surface area contributed by atoms with Crippen LogP contribution in [0.15, 0.2) is 127 Å². The fourth-order valence-electron chi connectivity index (χ4n) is 7.74. The number of hydrogen-bond acceptors (Lipinski definition) is 1. The highest BCUT2D eigenvalue weighted by atomic mass is 15.1. The Hall–Kier alpha value is -4.88. The monoisotopic (exact) mass is 539 g/mol. The number of benzene rings is 6. The fraction of sp³-hybridized carbons (Fsp3) is 0.122. The molecular weight excluding hydrogens is 506 g/mol. The molecule has 0 bridgehead atoms. The van der Waals surface area contributed by atoms with Crippen LogP contribution in [-0.2, 0) is 5.41 Å². The number of nitrogens with zero attached hydrogens (tertiary/aromatic N) is 1. The van der Waals surface area contributed by atoms with Crippen LogP contribution in [0.5, 0.6) is 0 Å². The van der Waals surface area contributed by atoms with Gasteiger partial charge in [0.05, 0.1) is 5.41 Å². The standard InChI is InChI=1S/C41H33N/c1-26-17-21-39(28(3)23-26)42(40-22-18-27(2)24-29(40)4)30-19-20-34-33-13-7-10-16-37(33)41(38(34)25-30)35-14-8-5-11-31(35)32-12-6-9-15-36(32)41/h5-25H,1-4H3. The van der Waals surface area contributed by atoms with Crippen molar-refractivity contribution in [1.82, 2.24) is 0 Å². The number of aryl methyl sites for hydroxylation is 4. The Balaban J connectivity index is 1.46. The van der Waals surface area contributed by atoms with E-state index in [1.807, 2.05) is 0 Å². The predicted octanol–water partition coefficient (Wildman–Crippen LogP) is 10.7. The summed E-state index contributed by atoms with van der Waals surface area (Å²) in [5.41, 5.74) is 19.1. The second-order valence-electron chi connectivity index (χ2n) is 12.0. The number of rotatable bonds is 3. The van der Waals surface area contributed by atoms with Gasteiger partial charge in [-0.15, -0.1) is 0 Å². The zero-order chi connectivity index (χ0) is 28.6. The Bertz CT molecular complexity index is 1930. The van der Waals surface area contributed by atoms with Crippen molar-refractivity contribution in [3.63, 3.8) is 0 Å². The lowest BCUT2D eigenvalue weighted by molar-refractivity contribution is 0.793. The predicted molar refractivity (Wildman–Crippen MR) is 176 cm³/mol. The van der Waals surface area contributed by atoms with Crippen LogP contribution in [0.2, 0.25) is 0 Å². The topological polar surface area (TPSA) is 3.24 Å². The van der Waals surface area contributed by atoms with E-state index in [1.165, 1.54) is 83.8 Å². The summed E-state index contributed by atoms with van der Waals surface area (Å²) >= 11 is 0. The molecule has 1 nitrogen and oxygen atoms in total. The van der Waals surface area contributed by atoms with Gasteiger partial charge < -0.3 is 4.90 Å². The molecule has 202 valence electrons. The van der Waals surface area contributed by atoms with E-state index in [4.69, 9.17) is 0 Å². The van der Waals surface area contributed by atoms with E-state index in [1.54, 1.807) is 0 Å². The van der Waals surface area contributed by atoms with Crippen molar-refractivity contribution in [3.05, 3.63) is 172 Å². The van der Waals surface area contributed by atoms with E-state index in [9.17, 15) is 0 Å². The highest BCUT2D eigenvalue weighted by Gasteiger charge is 2.51. The van der Waals surface area contributed by atoms with Crippen LogP contribution in [0.25, 0.3) is 22.3 Å². The van der Waals surface area contributed by atoms with E-state index in [2.05, 4.69) is 160 Å². The second-order valence-corrected chi connectivity index (χ2v) is 12.0. The van der Waals surface area contributed by atoms with Crippen molar-refractivity contribution in [1.29, 1.82) is 0 Å². The third-order valence-corrected chi connectivity index (χ3v) is 9.43. The van der Waals surface area contributed by atoms with Gasteiger partial charge >= 0.3 is 0 Å². The van der Waals surface area contributed by atoms with Gasteiger partial charge in [-0.3, -0.25) is 0 Å². The largest absolute Gasteiger partial charge is 0.310 e. The quantitative estimate of drug-likeness (QED) is 0.216. The van der Waals surface area contributed by atoms with E-state index >= 15 is 0 Å². The van der Waals surface area contributed by atoms with Gasteiger partial charge in [-0.25, -0.2) is 0 Å². The summed E-state index contributed by atoms with van der Waals surface area (Å²) in [6.45, 7) is 8.80. The average Bonchev–Trinajstić information content (AvgIpc) is 3.46. The molecule has 2 aliphatic carbocycles. The van der Waals surface area contributed by atoms with E-state index in [0.717, 1.165) is 0 Å². The molecule has 0 fully saturated rings. The van der Waals surface area contributed by atoms with Crippen molar-refractivity contribution in [3.8, 4) is 22.3 Å². The molecule has 0 aliphatic heterocycles. The number of fused-ring (bicyclic) bond motifs is 10. The van der Waals surface area contributed by atoms with Crippen LogP contribution < -0.4 is 4.90 Å². The summed E-state index contributed by atoms with van der Waals surface area (Å²) in [5, 5.41) is 0. The Morgan fingerprint density at radius 1 is 0.405 bits per heavy atom. The summed E-state index contributed by atoms with van der Waals surface area (Å²) in [4.78, 5) is 2.47. The molecule has 1 heteroatoms. The number of anilines is 3. The van der Waals surface area contributed by atoms with E-state index in [-0.39, 0.29) is 5.41 Å². The van der Waals surface area contributed by atoms with Crippen molar-refractivity contribution >= 4 is 17.1 Å². The minimum absolute atomic E-state index is 0.356. The average molecular weight is 540 g/mol. The molecule has 42 heavy (non-hydrogen) atoms. The molecule has 8 rings (SSSR count). The Labute approximate surface area is 248 Å². The van der Waals surface area contributed by atoms with Crippen LogP contribution in [0.1, 0.15) is 44.5 Å². The van der Waals surface area contributed by atoms with Crippen LogP contribution in [0.3, 0.4) is 0 Å². The molecule has 6 aromatic rings. The molecule has 0 aromatic heterocycles. The molecule has 0 heterocycles. The normalized spacial score (nSPS) is 13.4. The fourth-order valence-corrected chi connectivity index (χ4v) is 7.74. The summed E-state index contributed by atoms with van der Waals surface area (Å²) in [7, 11) is 0. The van der Waals surface area contributed by atoms with Gasteiger partial charge in [-0.05, 0) is 108 Å². The SMILES string of the molecule is Cc1ccc(N(c2ccc3c(c2)C2(c4ccccc4-c4ccccc42)c2ccccc2-3)c2ccc(C)cc2C)c(C)c1. The van der Waals surface area contributed by atoms with Crippen molar-refractivity contribution in [2.75, 3.05) is 4.90 Å². The van der Waals surface area contributed by atoms with Gasteiger partial charge in [0.1, 0.15) is 0 Å². The first-order chi connectivity index (χ1) is 20.5. The van der Waals surface area contributed by atoms with Gasteiger partial charge in [0.2, 0.25) is 0 Å². The molecule has 0 atom stereocenters. The molecular formula is C41H33N. The molecule has 1 spiro atoms. The van der Waals surface area contributed by atoms with Crippen LogP contribution in [-0.4, -0.2) is 0 Å². The highest BCUT2D eigenvalue weighted by Crippen LogP contribution is 2.63. The lowest BCUT2D eigenvalue weighted by Gasteiger charge is -2.33. The first-order valence-corrected chi connectivity index (χ1v) is 14.9. The minimum Gasteiger partial charge on any atom is -0.310 e. The third kappa shape index (κ3) is 3.31. The summed E-state index contributed by atoms with van der Waals surface area (Å²) < 4.78 is 0. The maximum Gasteiger partial charge on any atom is 0.0726 e. The highest BCUT2D eigenvalue weighted by molar-refractivity contribution is 5.96. The summed E-state index contributed by atoms with van der Waals surface area (Å²) in [6, 6.07) is 47.8. The maximum absolute atomic E-state index is 2.48. The van der Waals surface area contributed by atoms with Gasteiger partial charge in [-0.2, -0.15) is 0 Å². The smallest absolute Gasteiger partial charge is 0.0726 e. The first-order valence-electron chi connectivity index (χ1n) is 14.9. The van der Waals surface area contributed by atoms with Crippen LogP contribution in [0.4, 0.5) is 17.1 Å². The molecule has 0 N–H and O–H groups in total. The Morgan fingerprint density at radius 2 is 0.833 bits per heavy atom. The van der Waals surface area contributed by atoms with Crippen LogP contribution in [0, 0.1) is 27.7 Å². The van der Waals surface area contributed by atoms with E-state index < -0.39 is 0 Å². The van der Waals surface area contributed by atoms with Gasteiger partial charge in [0.15, 0.2) is 0 Å². The van der Waals surface area contributed by atoms with Crippen molar-refractivity contribution in [2.45, 2.75) is 33.1 Å². The zero-order valence-electron chi connectivity index (χ0n) is 24.6. The Kier molecular flexibility index (Phi) is 5.37. The second kappa shape index (κ2) is 9.06. The lowest BCUT2D eigenvalue weighted by Crippen LogP contribution is -2.26. The third-order valence-electron chi connectivity index (χ3n) is 9.43. The molecule has 0 saturated heterocycles. The lowest BCUT2D eigenvalue weighted by atomic mass is 9.70. The van der Waals surface area contributed by atoms with Gasteiger partial charge in [-0.1, -0.05) is 114 Å². The maximum atomic E-state index is 2.48.